The van der Waals surface area contributed by atoms with Crippen LogP contribution in [-0.2, 0) is 24.8 Å². The molecular weight excluding hydrogens is 356 g/mol. The second-order valence-electron chi connectivity index (χ2n) is 6.80. The Morgan fingerprint density at radius 3 is 2.59 bits per heavy atom. The lowest BCUT2D eigenvalue weighted by molar-refractivity contribution is -0.117. The first-order valence-corrected chi connectivity index (χ1v) is 9.93. The van der Waals surface area contributed by atoms with Crippen molar-refractivity contribution < 1.29 is 4.79 Å². The molecule has 0 spiro atoms. The fraction of sp³-hybridized carbons (Fsp3) is 0.333. The average Bonchev–Trinajstić information content (AvgIpc) is 3.18. The van der Waals surface area contributed by atoms with Crippen LogP contribution >= 0.6 is 11.3 Å². The molecule has 5 nitrogen and oxygen atoms in total. The molecule has 2 heterocycles. The topological polar surface area (TPSA) is 50.2 Å². The van der Waals surface area contributed by atoms with Crippen LogP contribution in [0, 0.1) is 13.8 Å². The quantitative estimate of drug-likeness (QED) is 0.645. The molecule has 142 valence electrons. The largest absolute Gasteiger partial charge is 0.310 e. The van der Waals surface area contributed by atoms with E-state index >= 15 is 0 Å². The number of benzene rings is 1. The van der Waals surface area contributed by atoms with Crippen LogP contribution in [0.3, 0.4) is 0 Å². The van der Waals surface area contributed by atoms with Crippen LogP contribution in [0.1, 0.15) is 21.0 Å². The van der Waals surface area contributed by atoms with Crippen molar-refractivity contribution in [3.8, 4) is 0 Å². The number of anilines is 1. The van der Waals surface area contributed by atoms with Crippen LogP contribution in [0.4, 0.5) is 5.82 Å². The molecule has 0 aliphatic rings. The van der Waals surface area contributed by atoms with Crippen molar-refractivity contribution in [2.24, 2.45) is 7.05 Å². The van der Waals surface area contributed by atoms with E-state index in [0.29, 0.717) is 6.54 Å². The maximum absolute atomic E-state index is 12.6. The van der Waals surface area contributed by atoms with E-state index in [1.54, 1.807) is 16.0 Å². The number of aryl methyl sites for hydroxylation is 3. The standard InChI is InChI=1S/C21H26N4OS/c1-16-13-20(24(3)23-16)22-21(26)15-25(14-19-10-9-17(2)27-19)12-11-18-7-5-4-6-8-18/h4-10,13H,11-12,14-15H2,1-3H3,(H,22,26). The van der Waals surface area contributed by atoms with Gasteiger partial charge in [-0.05, 0) is 38.0 Å². The molecule has 0 aliphatic carbocycles. The van der Waals surface area contributed by atoms with Gasteiger partial charge in [0.05, 0.1) is 12.2 Å². The number of nitrogens with zero attached hydrogens (tertiary/aromatic N) is 3. The van der Waals surface area contributed by atoms with Crippen molar-refractivity contribution in [1.29, 1.82) is 0 Å². The minimum atomic E-state index is -0.0145. The number of thiophene rings is 1. The van der Waals surface area contributed by atoms with Crippen molar-refractivity contribution in [1.82, 2.24) is 14.7 Å². The highest BCUT2D eigenvalue weighted by Crippen LogP contribution is 2.18. The molecule has 1 N–H and O–H groups in total. The zero-order chi connectivity index (χ0) is 19.2. The molecular formula is C21H26N4OS. The maximum Gasteiger partial charge on any atom is 0.239 e. The van der Waals surface area contributed by atoms with Crippen LogP contribution in [0.5, 0.6) is 0 Å². The Morgan fingerprint density at radius 1 is 1.19 bits per heavy atom. The summed E-state index contributed by atoms with van der Waals surface area (Å²) in [6, 6.07) is 16.6. The fourth-order valence-electron chi connectivity index (χ4n) is 3.05. The molecule has 0 fully saturated rings. The zero-order valence-corrected chi connectivity index (χ0v) is 16.9. The van der Waals surface area contributed by atoms with Gasteiger partial charge in [-0.25, -0.2) is 0 Å². The first kappa shape index (κ1) is 19.3. The summed E-state index contributed by atoms with van der Waals surface area (Å²) in [5.41, 5.74) is 2.18. The number of amides is 1. The van der Waals surface area contributed by atoms with E-state index in [0.717, 1.165) is 31.0 Å². The Bertz CT molecular complexity index is 885. The van der Waals surface area contributed by atoms with Gasteiger partial charge < -0.3 is 5.32 Å². The van der Waals surface area contributed by atoms with Crippen LogP contribution in [-0.4, -0.2) is 33.7 Å². The molecule has 0 aliphatic heterocycles. The summed E-state index contributed by atoms with van der Waals surface area (Å²) in [5.74, 6) is 0.715. The summed E-state index contributed by atoms with van der Waals surface area (Å²) in [6.45, 7) is 6.00. The molecule has 0 radical (unpaired) electrons. The van der Waals surface area contributed by atoms with Crippen LogP contribution < -0.4 is 5.32 Å². The number of rotatable bonds is 8. The smallest absolute Gasteiger partial charge is 0.239 e. The molecule has 0 bridgehead atoms. The van der Waals surface area contributed by atoms with Gasteiger partial charge in [0.2, 0.25) is 5.91 Å². The number of nitrogens with one attached hydrogen (secondary N) is 1. The second-order valence-corrected chi connectivity index (χ2v) is 8.17. The summed E-state index contributed by atoms with van der Waals surface area (Å²) >= 11 is 1.79. The Kier molecular flexibility index (Phi) is 6.42. The summed E-state index contributed by atoms with van der Waals surface area (Å²) < 4.78 is 1.70. The van der Waals surface area contributed by atoms with Gasteiger partial charge in [0, 0.05) is 36.0 Å². The number of aromatic nitrogens is 2. The Labute approximate surface area is 164 Å². The molecule has 0 unspecified atom stereocenters. The van der Waals surface area contributed by atoms with Gasteiger partial charge in [-0.2, -0.15) is 5.10 Å². The highest BCUT2D eigenvalue weighted by Gasteiger charge is 2.14. The zero-order valence-electron chi connectivity index (χ0n) is 16.1. The molecule has 3 aromatic rings. The normalized spacial score (nSPS) is 11.1. The summed E-state index contributed by atoms with van der Waals surface area (Å²) in [5, 5.41) is 7.25. The maximum atomic E-state index is 12.6. The number of hydrogen-bond donors (Lipinski definition) is 1. The fourth-order valence-corrected chi connectivity index (χ4v) is 3.98. The van der Waals surface area contributed by atoms with E-state index in [1.807, 2.05) is 26.1 Å². The number of carbonyl (C=O) groups is 1. The number of carbonyl (C=O) groups excluding carboxylic acids is 1. The van der Waals surface area contributed by atoms with Gasteiger partial charge in [0.1, 0.15) is 5.82 Å². The van der Waals surface area contributed by atoms with Crippen LogP contribution in [0.25, 0.3) is 0 Å². The van der Waals surface area contributed by atoms with Gasteiger partial charge in [-0.15, -0.1) is 11.3 Å². The van der Waals surface area contributed by atoms with Gasteiger partial charge in [-0.3, -0.25) is 14.4 Å². The molecule has 0 saturated heterocycles. The van der Waals surface area contributed by atoms with Gasteiger partial charge in [0.15, 0.2) is 0 Å². The number of hydrogen-bond acceptors (Lipinski definition) is 4. The Balaban J connectivity index is 1.64. The van der Waals surface area contributed by atoms with Crippen LogP contribution in [0.15, 0.2) is 48.5 Å². The highest BCUT2D eigenvalue weighted by atomic mass is 32.1. The third-order valence-corrected chi connectivity index (χ3v) is 5.36. The third kappa shape index (κ3) is 5.77. The minimum Gasteiger partial charge on any atom is -0.310 e. The minimum absolute atomic E-state index is 0.0145. The van der Waals surface area contributed by atoms with Gasteiger partial charge in [0.25, 0.3) is 0 Å². The predicted molar refractivity (Wildman–Crippen MR) is 111 cm³/mol. The van der Waals surface area contributed by atoms with Crippen LogP contribution in [0.2, 0.25) is 0 Å². The lowest BCUT2D eigenvalue weighted by Crippen LogP contribution is -2.34. The second kappa shape index (κ2) is 8.97. The lowest BCUT2D eigenvalue weighted by Gasteiger charge is -2.21. The van der Waals surface area contributed by atoms with E-state index < -0.39 is 0 Å². The van der Waals surface area contributed by atoms with Crippen molar-refractivity contribution in [2.75, 3.05) is 18.4 Å². The molecule has 1 amide bonds. The first-order chi connectivity index (χ1) is 13.0. The molecule has 27 heavy (non-hydrogen) atoms. The molecule has 6 heteroatoms. The van der Waals surface area contributed by atoms with Gasteiger partial charge >= 0.3 is 0 Å². The lowest BCUT2D eigenvalue weighted by atomic mass is 10.1. The van der Waals surface area contributed by atoms with E-state index in [2.05, 4.69) is 58.6 Å². The molecule has 0 saturated carbocycles. The molecule has 0 atom stereocenters. The summed E-state index contributed by atoms with van der Waals surface area (Å²) in [4.78, 5) is 17.4. The van der Waals surface area contributed by atoms with Crippen molar-refractivity contribution >= 4 is 23.1 Å². The van der Waals surface area contributed by atoms with Crippen molar-refractivity contribution in [3.63, 3.8) is 0 Å². The Morgan fingerprint density at radius 2 is 1.96 bits per heavy atom. The summed E-state index contributed by atoms with van der Waals surface area (Å²) in [7, 11) is 1.84. The average molecular weight is 383 g/mol. The van der Waals surface area contributed by atoms with Crippen molar-refractivity contribution in [2.45, 2.75) is 26.8 Å². The SMILES string of the molecule is Cc1cc(NC(=O)CN(CCc2ccccc2)Cc2ccc(C)s2)n(C)n1. The van der Waals surface area contributed by atoms with E-state index in [9.17, 15) is 4.79 Å². The monoisotopic (exact) mass is 382 g/mol. The molecule has 3 rings (SSSR count). The van der Waals surface area contributed by atoms with Crippen molar-refractivity contribution in [3.05, 3.63) is 69.5 Å². The predicted octanol–water partition coefficient (Wildman–Crippen LogP) is 3.78. The summed E-state index contributed by atoms with van der Waals surface area (Å²) in [6.07, 6.45) is 0.920. The highest BCUT2D eigenvalue weighted by molar-refractivity contribution is 7.11. The Hall–Kier alpha value is -2.44. The first-order valence-electron chi connectivity index (χ1n) is 9.11. The molecule has 1 aromatic carbocycles. The third-order valence-electron chi connectivity index (χ3n) is 4.37. The van der Waals surface area contributed by atoms with Gasteiger partial charge in [-0.1, -0.05) is 30.3 Å². The van der Waals surface area contributed by atoms with E-state index in [-0.39, 0.29) is 5.91 Å². The van der Waals surface area contributed by atoms with E-state index in [1.165, 1.54) is 15.3 Å². The molecule has 2 aromatic heterocycles. The van der Waals surface area contributed by atoms with E-state index in [4.69, 9.17) is 0 Å².